The van der Waals surface area contributed by atoms with E-state index in [2.05, 4.69) is 16.3 Å². The van der Waals surface area contributed by atoms with Gasteiger partial charge in [-0.3, -0.25) is 9.69 Å². The van der Waals surface area contributed by atoms with Crippen molar-refractivity contribution in [3.63, 3.8) is 0 Å². The van der Waals surface area contributed by atoms with Crippen molar-refractivity contribution in [1.29, 1.82) is 0 Å². The predicted octanol–water partition coefficient (Wildman–Crippen LogP) is 3.97. The van der Waals surface area contributed by atoms with Gasteiger partial charge in [-0.1, -0.05) is 18.2 Å². The monoisotopic (exact) mass is 512 g/mol. The molecule has 0 bridgehead atoms. The number of furan rings is 1. The maximum absolute atomic E-state index is 12.5. The first-order valence-electron chi connectivity index (χ1n) is 11.7. The van der Waals surface area contributed by atoms with Crippen LogP contribution in [0.3, 0.4) is 0 Å². The number of methoxy groups -OCH3 is 1. The summed E-state index contributed by atoms with van der Waals surface area (Å²) in [5.74, 6) is -0.560. The number of halogens is 3. The number of nitrogens with one attached hydrogen (secondary N) is 1. The summed E-state index contributed by atoms with van der Waals surface area (Å²) in [6.45, 7) is 3.86. The molecule has 4 rings (SSSR count). The van der Waals surface area contributed by atoms with Crippen LogP contribution in [0.4, 0.5) is 13.2 Å². The average molecular weight is 513 g/mol. The van der Waals surface area contributed by atoms with Crippen LogP contribution in [-0.4, -0.2) is 67.0 Å². The molecule has 1 aromatic carbocycles. The summed E-state index contributed by atoms with van der Waals surface area (Å²) in [7, 11) is 1.64. The summed E-state index contributed by atoms with van der Waals surface area (Å²) in [5, 5.41) is 10.1. The molecule has 198 valence electrons. The number of carboxylic acid groups (broad SMARTS) is 1. The van der Waals surface area contributed by atoms with E-state index in [0.29, 0.717) is 19.6 Å². The van der Waals surface area contributed by atoms with Gasteiger partial charge in [0, 0.05) is 39.1 Å². The van der Waals surface area contributed by atoms with Gasteiger partial charge in [0.15, 0.2) is 0 Å². The number of nitrogens with zero attached hydrogens (tertiary/aromatic N) is 1. The average Bonchev–Trinajstić information content (AvgIpc) is 3.34. The molecule has 0 radical (unpaired) electrons. The fourth-order valence-electron chi connectivity index (χ4n) is 4.56. The van der Waals surface area contributed by atoms with Crippen LogP contribution in [0.5, 0.6) is 5.75 Å². The number of carboxylic acids is 1. The topological polar surface area (TPSA) is 101 Å². The Morgan fingerprint density at radius 1 is 1.19 bits per heavy atom. The first kappa shape index (κ1) is 27.5. The molecule has 2 N–H and O–H groups in total. The Hall–Kier alpha value is -3.05. The number of carbonyl (C=O) groups is 2. The second kappa shape index (κ2) is 12.3. The van der Waals surface area contributed by atoms with Crippen LogP contribution < -0.4 is 10.1 Å². The SMILES string of the molecule is COCCNC(=O)CC1CC2(CCN(Cc3ccco3)CC2)Oc2ccccc21.O=C(O)C(F)(F)F. The van der Waals surface area contributed by atoms with Crippen molar-refractivity contribution in [2.45, 2.75) is 49.9 Å². The fraction of sp³-hybridized carbons (Fsp3) is 0.520. The van der Waals surface area contributed by atoms with E-state index in [-0.39, 0.29) is 17.4 Å². The van der Waals surface area contributed by atoms with Crippen LogP contribution in [-0.2, 0) is 20.9 Å². The molecule has 0 aliphatic carbocycles. The van der Waals surface area contributed by atoms with E-state index < -0.39 is 12.1 Å². The third kappa shape index (κ3) is 7.72. The smallest absolute Gasteiger partial charge is 0.487 e. The van der Waals surface area contributed by atoms with E-state index in [4.69, 9.17) is 23.8 Å². The van der Waals surface area contributed by atoms with Crippen LogP contribution >= 0.6 is 0 Å². The number of rotatable bonds is 7. The van der Waals surface area contributed by atoms with Crippen LogP contribution in [0.15, 0.2) is 47.1 Å². The summed E-state index contributed by atoms with van der Waals surface area (Å²) in [6, 6.07) is 12.1. The molecule has 1 saturated heterocycles. The zero-order valence-corrected chi connectivity index (χ0v) is 20.1. The first-order valence-corrected chi connectivity index (χ1v) is 11.7. The maximum Gasteiger partial charge on any atom is 0.490 e. The van der Waals surface area contributed by atoms with Gasteiger partial charge in [-0.2, -0.15) is 13.2 Å². The molecule has 11 heteroatoms. The third-order valence-electron chi connectivity index (χ3n) is 6.33. The van der Waals surface area contributed by atoms with Crippen LogP contribution in [0.2, 0.25) is 0 Å². The lowest BCUT2D eigenvalue weighted by atomic mass is 9.76. The largest absolute Gasteiger partial charge is 0.490 e. The standard InChI is InChI=1S/C23H30N2O4.C2HF3O2/c1-27-14-10-24-22(26)15-18-16-23(29-21-7-3-2-6-20(18)21)8-11-25(12-9-23)17-19-5-4-13-28-19;3-2(4,5)1(6)7/h2-7,13,18H,8-12,14-17H2,1H3,(H,24,26);(H,6,7). The van der Waals surface area contributed by atoms with E-state index in [1.807, 2.05) is 30.3 Å². The van der Waals surface area contributed by atoms with Gasteiger partial charge in [-0.05, 0) is 43.0 Å². The number of alkyl halides is 3. The van der Waals surface area contributed by atoms with Crippen molar-refractivity contribution in [1.82, 2.24) is 10.2 Å². The Labute approximate surface area is 207 Å². The van der Waals surface area contributed by atoms with Crippen molar-refractivity contribution in [3.05, 3.63) is 54.0 Å². The van der Waals surface area contributed by atoms with Gasteiger partial charge in [0.1, 0.15) is 17.1 Å². The Morgan fingerprint density at radius 3 is 2.50 bits per heavy atom. The number of amides is 1. The summed E-state index contributed by atoms with van der Waals surface area (Å²) >= 11 is 0. The number of hydrogen-bond donors (Lipinski definition) is 2. The molecule has 8 nitrogen and oxygen atoms in total. The fourth-order valence-corrected chi connectivity index (χ4v) is 4.56. The molecule has 1 amide bonds. The van der Waals surface area contributed by atoms with Crippen molar-refractivity contribution >= 4 is 11.9 Å². The third-order valence-corrected chi connectivity index (χ3v) is 6.33. The lowest BCUT2D eigenvalue weighted by Gasteiger charge is -2.46. The molecule has 2 aromatic rings. The van der Waals surface area contributed by atoms with E-state index in [1.165, 1.54) is 0 Å². The summed E-state index contributed by atoms with van der Waals surface area (Å²) in [4.78, 5) is 23.8. The summed E-state index contributed by atoms with van der Waals surface area (Å²) < 4.78 is 48.8. The number of likely N-dealkylation sites (tertiary alicyclic amines) is 1. The molecule has 1 spiro atoms. The number of piperidine rings is 1. The van der Waals surface area contributed by atoms with E-state index in [1.54, 1.807) is 13.4 Å². The second-order valence-corrected chi connectivity index (χ2v) is 8.93. The number of aliphatic carboxylic acids is 1. The van der Waals surface area contributed by atoms with Crippen molar-refractivity contribution in [3.8, 4) is 5.75 Å². The quantitative estimate of drug-likeness (QED) is 0.542. The van der Waals surface area contributed by atoms with E-state index >= 15 is 0 Å². The number of carbonyl (C=O) groups excluding carboxylic acids is 1. The normalized spacial score (nSPS) is 18.9. The van der Waals surface area contributed by atoms with Crippen molar-refractivity contribution in [2.24, 2.45) is 0 Å². The highest BCUT2D eigenvalue weighted by molar-refractivity contribution is 5.77. The molecule has 2 aliphatic rings. The minimum atomic E-state index is -5.08. The van der Waals surface area contributed by atoms with Gasteiger partial charge < -0.3 is 24.3 Å². The first-order chi connectivity index (χ1) is 17.1. The molecule has 1 aromatic heterocycles. The summed E-state index contributed by atoms with van der Waals surface area (Å²) in [5.41, 5.74) is 0.962. The Kier molecular flexibility index (Phi) is 9.38. The van der Waals surface area contributed by atoms with E-state index in [9.17, 15) is 18.0 Å². The number of benzene rings is 1. The number of hydrogen-bond acceptors (Lipinski definition) is 6. The Morgan fingerprint density at radius 2 is 1.89 bits per heavy atom. The van der Waals surface area contributed by atoms with Gasteiger partial charge in [-0.25, -0.2) is 4.79 Å². The van der Waals surface area contributed by atoms with Gasteiger partial charge in [0.2, 0.25) is 5.91 Å². The molecular formula is C25H31F3N2O6. The number of fused-ring (bicyclic) bond motifs is 1. The van der Waals surface area contributed by atoms with Gasteiger partial charge >= 0.3 is 12.1 Å². The molecular weight excluding hydrogens is 481 g/mol. The minimum Gasteiger partial charge on any atom is -0.487 e. The number of para-hydroxylation sites is 1. The van der Waals surface area contributed by atoms with Crippen molar-refractivity contribution < 1.29 is 41.8 Å². The van der Waals surface area contributed by atoms with Gasteiger partial charge in [0.25, 0.3) is 0 Å². The van der Waals surface area contributed by atoms with E-state index in [0.717, 1.165) is 56.0 Å². The highest BCUT2D eigenvalue weighted by Crippen LogP contribution is 2.46. The molecule has 3 heterocycles. The molecule has 36 heavy (non-hydrogen) atoms. The second-order valence-electron chi connectivity index (χ2n) is 8.93. The molecule has 1 atom stereocenters. The number of ether oxygens (including phenoxy) is 2. The van der Waals surface area contributed by atoms with Gasteiger partial charge in [0.05, 0.1) is 19.4 Å². The highest BCUT2D eigenvalue weighted by Gasteiger charge is 2.43. The van der Waals surface area contributed by atoms with Gasteiger partial charge in [-0.15, -0.1) is 0 Å². The summed E-state index contributed by atoms with van der Waals surface area (Å²) in [6.07, 6.45) is -0.0594. The Bertz CT molecular complexity index is 988. The lowest BCUT2D eigenvalue weighted by molar-refractivity contribution is -0.192. The lowest BCUT2D eigenvalue weighted by Crippen LogP contribution is -2.50. The van der Waals surface area contributed by atoms with Crippen LogP contribution in [0, 0.1) is 0 Å². The van der Waals surface area contributed by atoms with Crippen LogP contribution in [0.1, 0.15) is 42.9 Å². The van der Waals surface area contributed by atoms with Crippen LogP contribution in [0.25, 0.3) is 0 Å². The highest BCUT2D eigenvalue weighted by atomic mass is 19.4. The zero-order chi connectivity index (χ0) is 26.2. The zero-order valence-electron chi connectivity index (χ0n) is 20.1. The molecule has 0 saturated carbocycles. The van der Waals surface area contributed by atoms with Crippen molar-refractivity contribution in [2.75, 3.05) is 33.4 Å². The molecule has 1 fully saturated rings. The minimum absolute atomic E-state index is 0.0779. The predicted molar refractivity (Wildman–Crippen MR) is 124 cm³/mol. The maximum atomic E-state index is 12.5. The molecule has 1 unspecified atom stereocenters. The molecule has 2 aliphatic heterocycles. The Balaban J connectivity index is 0.000000454.